The summed E-state index contributed by atoms with van der Waals surface area (Å²) in [6, 6.07) is 5.68. The summed E-state index contributed by atoms with van der Waals surface area (Å²) in [4.78, 5) is 26.1. The van der Waals surface area contributed by atoms with E-state index in [1.807, 2.05) is 7.05 Å². The normalized spacial score (nSPS) is 17.4. The topological polar surface area (TPSA) is 73.5 Å². The lowest BCUT2D eigenvalue weighted by atomic mass is 9.97. The van der Waals surface area contributed by atoms with Crippen LogP contribution in [0.5, 0.6) is 0 Å². The van der Waals surface area contributed by atoms with E-state index in [1.165, 1.54) is 12.1 Å². The molecule has 0 saturated carbocycles. The number of nitrogens with zero attached hydrogens (tertiary/aromatic N) is 1. The van der Waals surface area contributed by atoms with Crippen LogP contribution < -0.4 is 16.0 Å². The van der Waals surface area contributed by atoms with E-state index in [-0.39, 0.29) is 23.5 Å². The molecule has 0 spiro atoms. The molecule has 3 amide bonds. The van der Waals surface area contributed by atoms with Crippen LogP contribution in [0, 0.1) is 11.7 Å². The van der Waals surface area contributed by atoms with Crippen LogP contribution in [-0.2, 0) is 4.79 Å². The molecule has 3 N–H and O–H groups in total. The summed E-state index contributed by atoms with van der Waals surface area (Å²) in [5, 5.41) is 8.51. The van der Waals surface area contributed by atoms with Crippen molar-refractivity contribution in [3.05, 3.63) is 30.1 Å². The van der Waals surface area contributed by atoms with Gasteiger partial charge in [0.25, 0.3) is 0 Å². The first-order valence-corrected chi connectivity index (χ1v) is 8.34. The molecule has 24 heavy (non-hydrogen) atoms. The van der Waals surface area contributed by atoms with Crippen LogP contribution in [-0.4, -0.2) is 50.1 Å². The third-order valence-electron chi connectivity index (χ3n) is 4.10. The Morgan fingerprint density at radius 3 is 2.83 bits per heavy atom. The molecule has 2 rings (SSSR count). The lowest BCUT2D eigenvalue weighted by molar-refractivity contribution is -0.126. The highest BCUT2D eigenvalue weighted by Gasteiger charge is 2.28. The van der Waals surface area contributed by atoms with E-state index < -0.39 is 5.82 Å². The summed E-state index contributed by atoms with van der Waals surface area (Å²) in [5.74, 6) is -0.698. The molecule has 6 nitrogen and oxygen atoms in total. The SMILES string of the molecule is CNCCCNC(=O)C1CCCN(C(=O)Nc2ccccc2F)C1. The number of anilines is 1. The van der Waals surface area contributed by atoms with Crippen LogP contribution in [0.3, 0.4) is 0 Å². The van der Waals surface area contributed by atoms with Crippen molar-refractivity contribution in [2.45, 2.75) is 19.3 Å². The number of amides is 3. The first-order valence-electron chi connectivity index (χ1n) is 8.34. The van der Waals surface area contributed by atoms with Gasteiger partial charge in [-0.25, -0.2) is 9.18 Å². The fourth-order valence-electron chi connectivity index (χ4n) is 2.75. The van der Waals surface area contributed by atoms with Gasteiger partial charge in [-0.05, 0) is 45.0 Å². The number of halogens is 1. The summed E-state index contributed by atoms with van der Waals surface area (Å²) < 4.78 is 13.6. The van der Waals surface area contributed by atoms with Gasteiger partial charge in [0.15, 0.2) is 0 Å². The predicted molar refractivity (Wildman–Crippen MR) is 91.3 cm³/mol. The average Bonchev–Trinajstić information content (AvgIpc) is 2.60. The molecule has 1 aliphatic heterocycles. The zero-order valence-corrected chi connectivity index (χ0v) is 14.0. The minimum Gasteiger partial charge on any atom is -0.356 e. The van der Waals surface area contributed by atoms with Gasteiger partial charge >= 0.3 is 6.03 Å². The molecule has 1 aromatic rings. The maximum absolute atomic E-state index is 13.6. The number of benzene rings is 1. The van der Waals surface area contributed by atoms with Crippen molar-refractivity contribution in [1.29, 1.82) is 0 Å². The Balaban J connectivity index is 1.84. The van der Waals surface area contributed by atoms with Crippen LogP contribution >= 0.6 is 0 Å². The highest BCUT2D eigenvalue weighted by Crippen LogP contribution is 2.19. The highest BCUT2D eigenvalue weighted by atomic mass is 19.1. The number of hydrogen-bond acceptors (Lipinski definition) is 3. The minimum atomic E-state index is -0.471. The summed E-state index contributed by atoms with van der Waals surface area (Å²) in [6.07, 6.45) is 2.40. The van der Waals surface area contributed by atoms with E-state index >= 15 is 0 Å². The number of rotatable bonds is 6. The van der Waals surface area contributed by atoms with Crippen molar-refractivity contribution in [2.75, 3.05) is 38.5 Å². The number of carbonyl (C=O) groups excluding carboxylic acids is 2. The molecule has 1 aromatic carbocycles. The van der Waals surface area contributed by atoms with Crippen LogP contribution in [0.25, 0.3) is 0 Å². The molecule has 132 valence electrons. The lowest BCUT2D eigenvalue weighted by Gasteiger charge is -2.32. The highest BCUT2D eigenvalue weighted by molar-refractivity contribution is 5.90. The van der Waals surface area contributed by atoms with Crippen molar-refractivity contribution in [3.8, 4) is 0 Å². The Morgan fingerprint density at radius 2 is 2.08 bits per heavy atom. The molecule has 1 heterocycles. The third kappa shape index (κ3) is 5.19. The molecule has 0 aliphatic carbocycles. The molecule has 7 heteroatoms. The lowest BCUT2D eigenvalue weighted by Crippen LogP contribution is -2.47. The molecule has 1 saturated heterocycles. The number of hydrogen-bond donors (Lipinski definition) is 3. The fraction of sp³-hybridized carbons (Fsp3) is 0.529. The van der Waals surface area contributed by atoms with Crippen molar-refractivity contribution in [2.24, 2.45) is 5.92 Å². The number of piperidine rings is 1. The molecule has 1 unspecified atom stereocenters. The van der Waals surface area contributed by atoms with Crippen LogP contribution in [0.1, 0.15) is 19.3 Å². The first kappa shape index (κ1) is 18.2. The van der Waals surface area contributed by atoms with E-state index in [4.69, 9.17) is 0 Å². The van der Waals surface area contributed by atoms with Crippen molar-refractivity contribution >= 4 is 17.6 Å². The second kappa shape index (κ2) is 9.22. The van der Waals surface area contributed by atoms with E-state index in [0.717, 1.165) is 25.8 Å². The summed E-state index contributed by atoms with van der Waals surface area (Å²) >= 11 is 0. The van der Waals surface area contributed by atoms with E-state index in [2.05, 4.69) is 16.0 Å². The minimum absolute atomic E-state index is 0.0190. The van der Waals surface area contributed by atoms with Crippen molar-refractivity contribution in [3.63, 3.8) is 0 Å². The van der Waals surface area contributed by atoms with Crippen LogP contribution in [0.4, 0.5) is 14.9 Å². The largest absolute Gasteiger partial charge is 0.356 e. The molecule has 0 radical (unpaired) electrons. The Kier molecular flexibility index (Phi) is 6.99. The molecular weight excluding hydrogens is 311 g/mol. The second-order valence-electron chi connectivity index (χ2n) is 5.94. The molecule has 0 aromatic heterocycles. The zero-order valence-electron chi connectivity index (χ0n) is 14.0. The van der Waals surface area contributed by atoms with Gasteiger partial charge in [0, 0.05) is 19.6 Å². The number of likely N-dealkylation sites (tertiary alicyclic amines) is 1. The van der Waals surface area contributed by atoms with Crippen molar-refractivity contribution < 1.29 is 14.0 Å². The Labute approximate surface area is 141 Å². The third-order valence-corrected chi connectivity index (χ3v) is 4.10. The van der Waals surface area contributed by atoms with Gasteiger partial charge in [0.05, 0.1) is 11.6 Å². The smallest absolute Gasteiger partial charge is 0.321 e. The number of para-hydroxylation sites is 1. The molecule has 0 bridgehead atoms. The van der Waals surface area contributed by atoms with E-state index in [0.29, 0.717) is 19.6 Å². The van der Waals surface area contributed by atoms with Gasteiger partial charge in [-0.15, -0.1) is 0 Å². The summed E-state index contributed by atoms with van der Waals surface area (Å²) in [5.41, 5.74) is 0.154. The number of urea groups is 1. The quantitative estimate of drug-likeness (QED) is 0.694. The average molecular weight is 336 g/mol. The first-order chi connectivity index (χ1) is 11.6. The molecule has 1 atom stereocenters. The van der Waals surface area contributed by atoms with Gasteiger partial charge in [0.2, 0.25) is 5.91 Å². The Bertz CT molecular complexity index is 567. The number of carbonyl (C=O) groups is 2. The van der Waals surface area contributed by atoms with Crippen molar-refractivity contribution in [1.82, 2.24) is 15.5 Å². The zero-order chi connectivity index (χ0) is 17.4. The molecular formula is C17H25FN4O2. The predicted octanol–water partition coefficient (Wildman–Crippen LogP) is 1.80. The second-order valence-corrected chi connectivity index (χ2v) is 5.94. The fourth-order valence-corrected chi connectivity index (χ4v) is 2.75. The molecule has 1 aliphatic rings. The van der Waals surface area contributed by atoms with Gasteiger partial charge in [-0.3, -0.25) is 4.79 Å². The Hall–Kier alpha value is -2.15. The maximum Gasteiger partial charge on any atom is 0.321 e. The van der Waals surface area contributed by atoms with Crippen LogP contribution in [0.15, 0.2) is 24.3 Å². The van der Waals surface area contributed by atoms with E-state index in [9.17, 15) is 14.0 Å². The molecule has 1 fully saturated rings. The van der Waals surface area contributed by atoms with Gasteiger partial charge in [-0.2, -0.15) is 0 Å². The Morgan fingerprint density at radius 1 is 1.29 bits per heavy atom. The van der Waals surface area contributed by atoms with E-state index in [1.54, 1.807) is 17.0 Å². The van der Waals surface area contributed by atoms with Gasteiger partial charge < -0.3 is 20.9 Å². The summed E-state index contributed by atoms with van der Waals surface area (Å²) in [6.45, 7) is 2.40. The monoisotopic (exact) mass is 336 g/mol. The number of nitrogens with one attached hydrogen (secondary N) is 3. The van der Waals surface area contributed by atoms with Gasteiger partial charge in [0.1, 0.15) is 5.82 Å². The van der Waals surface area contributed by atoms with Gasteiger partial charge in [-0.1, -0.05) is 12.1 Å². The standard InChI is InChI=1S/C17H25FN4O2/c1-19-9-5-10-20-16(23)13-6-4-11-22(12-13)17(24)21-15-8-3-2-7-14(15)18/h2-3,7-8,13,19H,4-6,9-12H2,1H3,(H,20,23)(H,21,24). The maximum atomic E-state index is 13.6. The van der Waals surface area contributed by atoms with Crippen LogP contribution in [0.2, 0.25) is 0 Å². The summed E-state index contributed by atoms with van der Waals surface area (Å²) in [7, 11) is 1.87.